The van der Waals surface area contributed by atoms with Crippen molar-refractivity contribution in [1.29, 1.82) is 0 Å². The van der Waals surface area contributed by atoms with Crippen molar-refractivity contribution in [3.05, 3.63) is 17.6 Å². The van der Waals surface area contributed by atoms with Gasteiger partial charge < -0.3 is 10.0 Å². The second kappa shape index (κ2) is 5.44. The largest absolute Gasteiger partial charge is 0.481 e. The van der Waals surface area contributed by atoms with Gasteiger partial charge in [-0.25, -0.2) is 4.98 Å². The van der Waals surface area contributed by atoms with E-state index in [1.165, 1.54) is 0 Å². The highest BCUT2D eigenvalue weighted by Gasteiger charge is 2.05. The SMILES string of the molecule is Cc1ncc(N(C)CCCC(=O)O)nc1C. The number of hydrogen-bond donors (Lipinski definition) is 1. The summed E-state index contributed by atoms with van der Waals surface area (Å²) in [4.78, 5) is 20.9. The van der Waals surface area contributed by atoms with Crippen molar-refractivity contribution in [2.24, 2.45) is 0 Å². The summed E-state index contributed by atoms with van der Waals surface area (Å²) in [7, 11) is 1.89. The lowest BCUT2D eigenvalue weighted by molar-refractivity contribution is -0.137. The van der Waals surface area contributed by atoms with Gasteiger partial charge in [0, 0.05) is 20.0 Å². The van der Waals surface area contributed by atoms with Crippen LogP contribution in [0.1, 0.15) is 24.2 Å². The minimum atomic E-state index is -0.764. The maximum absolute atomic E-state index is 10.4. The van der Waals surface area contributed by atoms with Crippen molar-refractivity contribution in [3.8, 4) is 0 Å². The highest BCUT2D eigenvalue weighted by Crippen LogP contribution is 2.10. The van der Waals surface area contributed by atoms with Crippen LogP contribution >= 0.6 is 0 Å². The lowest BCUT2D eigenvalue weighted by atomic mass is 10.3. The smallest absolute Gasteiger partial charge is 0.303 e. The fourth-order valence-electron chi connectivity index (χ4n) is 1.30. The predicted molar refractivity (Wildman–Crippen MR) is 61.6 cm³/mol. The van der Waals surface area contributed by atoms with Gasteiger partial charge in [-0.3, -0.25) is 9.78 Å². The Balaban J connectivity index is 2.55. The first kappa shape index (κ1) is 12.4. The molecular formula is C11H17N3O2. The Morgan fingerprint density at radius 1 is 1.44 bits per heavy atom. The number of rotatable bonds is 5. The molecule has 1 rings (SSSR count). The molecule has 0 spiro atoms. The first-order valence-electron chi connectivity index (χ1n) is 5.24. The minimum absolute atomic E-state index is 0.183. The Morgan fingerprint density at radius 3 is 2.69 bits per heavy atom. The van der Waals surface area contributed by atoms with Gasteiger partial charge in [0.1, 0.15) is 5.82 Å². The molecule has 0 aliphatic rings. The highest BCUT2D eigenvalue weighted by molar-refractivity contribution is 5.66. The summed E-state index contributed by atoms with van der Waals surface area (Å²) >= 11 is 0. The van der Waals surface area contributed by atoms with E-state index >= 15 is 0 Å². The third-order valence-corrected chi connectivity index (χ3v) is 2.45. The summed E-state index contributed by atoms with van der Waals surface area (Å²) in [5.74, 6) is 0.0214. The monoisotopic (exact) mass is 223 g/mol. The van der Waals surface area contributed by atoms with Gasteiger partial charge in [0.25, 0.3) is 0 Å². The summed E-state index contributed by atoms with van der Waals surface area (Å²) in [6.45, 7) is 4.50. The van der Waals surface area contributed by atoms with Crippen molar-refractivity contribution in [2.75, 3.05) is 18.5 Å². The van der Waals surface area contributed by atoms with Crippen LogP contribution in [0.3, 0.4) is 0 Å². The quantitative estimate of drug-likeness (QED) is 0.817. The fourth-order valence-corrected chi connectivity index (χ4v) is 1.30. The Kier molecular flexibility index (Phi) is 4.22. The number of anilines is 1. The van der Waals surface area contributed by atoms with Crippen molar-refractivity contribution in [1.82, 2.24) is 9.97 Å². The number of aryl methyl sites for hydroxylation is 2. The molecule has 0 bridgehead atoms. The topological polar surface area (TPSA) is 66.3 Å². The second-order valence-electron chi connectivity index (χ2n) is 3.82. The zero-order valence-corrected chi connectivity index (χ0v) is 9.90. The molecule has 5 heteroatoms. The van der Waals surface area contributed by atoms with E-state index < -0.39 is 5.97 Å². The molecule has 0 radical (unpaired) electrons. The summed E-state index contributed by atoms with van der Waals surface area (Å²) in [6, 6.07) is 0. The zero-order chi connectivity index (χ0) is 12.1. The van der Waals surface area contributed by atoms with E-state index in [0.29, 0.717) is 13.0 Å². The first-order valence-corrected chi connectivity index (χ1v) is 5.24. The number of hydrogen-bond acceptors (Lipinski definition) is 4. The maximum Gasteiger partial charge on any atom is 0.303 e. The van der Waals surface area contributed by atoms with Gasteiger partial charge in [-0.05, 0) is 20.3 Å². The standard InChI is InChI=1S/C11H17N3O2/c1-8-9(2)13-10(7-12-8)14(3)6-4-5-11(15)16/h7H,4-6H2,1-3H3,(H,15,16). The maximum atomic E-state index is 10.4. The van der Waals surface area contributed by atoms with Crippen LogP contribution in [0, 0.1) is 13.8 Å². The summed E-state index contributed by atoms with van der Waals surface area (Å²) < 4.78 is 0. The Hall–Kier alpha value is -1.65. The second-order valence-corrected chi connectivity index (χ2v) is 3.82. The van der Waals surface area contributed by atoms with Crippen molar-refractivity contribution >= 4 is 11.8 Å². The molecule has 0 aliphatic heterocycles. The van der Waals surface area contributed by atoms with E-state index in [2.05, 4.69) is 9.97 Å². The van der Waals surface area contributed by atoms with Crippen LogP contribution in [0.15, 0.2) is 6.20 Å². The molecule has 0 aliphatic carbocycles. The van der Waals surface area contributed by atoms with Crippen LogP contribution in [0.25, 0.3) is 0 Å². The zero-order valence-electron chi connectivity index (χ0n) is 9.90. The molecule has 1 aromatic rings. The molecule has 1 heterocycles. The van der Waals surface area contributed by atoms with Crippen LogP contribution in [0.4, 0.5) is 5.82 Å². The van der Waals surface area contributed by atoms with Gasteiger partial charge in [-0.1, -0.05) is 0 Å². The summed E-state index contributed by atoms with van der Waals surface area (Å²) in [5, 5.41) is 8.53. The fraction of sp³-hybridized carbons (Fsp3) is 0.545. The van der Waals surface area contributed by atoms with Gasteiger partial charge in [-0.15, -0.1) is 0 Å². The number of aromatic nitrogens is 2. The molecule has 16 heavy (non-hydrogen) atoms. The number of aliphatic carboxylic acids is 1. The number of carboxylic acids is 1. The molecule has 0 aromatic carbocycles. The van der Waals surface area contributed by atoms with Gasteiger partial charge in [-0.2, -0.15) is 0 Å². The van der Waals surface area contributed by atoms with Crippen molar-refractivity contribution in [3.63, 3.8) is 0 Å². The van der Waals surface area contributed by atoms with Crippen molar-refractivity contribution in [2.45, 2.75) is 26.7 Å². The highest BCUT2D eigenvalue weighted by atomic mass is 16.4. The normalized spacial score (nSPS) is 10.2. The van der Waals surface area contributed by atoms with E-state index in [4.69, 9.17) is 5.11 Å². The Bertz CT molecular complexity index is 379. The van der Waals surface area contributed by atoms with E-state index in [-0.39, 0.29) is 6.42 Å². The molecule has 0 saturated carbocycles. The van der Waals surface area contributed by atoms with E-state index in [9.17, 15) is 4.79 Å². The predicted octanol–water partition coefficient (Wildman–Crippen LogP) is 1.39. The molecule has 5 nitrogen and oxygen atoms in total. The Labute approximate surface area is 95.1 Å². The van der Waals surface area contributed by atoms with E-state index in [1.54, 1.807) is 6.20 Å². The summed E-state index contributed by atoms with van der Waals surface area (Å²) in [5.41, 5.74) is 1.82. The van der Waals surface area contributed by atoms with E-state index in [0.717, 1.165) is 17.2 Å². The molecule has 1 N–H and O–H groups in total. The lowest BCUT2D eigenvalue weighted by Gasteiger charge is -2.17. The molecule has 0 atom stereocenters. The average molecular weight is 223 g/mol. The van der Waals surface area contributed by atoms with Crippen LogP contribution < -0.4 is 4.90 Å². The van der Waals surface area contributed by atoms with Gasteiger partial charge in [0.05, 0.1) is 17.6 Å². The first-order chi connectivity index (χ1) is 7.50. The molecule has 0 amide bonds. The third kappa shape index (κ3) is 3.49. The third-order valence-electron chi connectivity index (χ3n) is 2.45. The molecule has 0 saturated heterocycles. The molecule has 0 fully saturated rings. The van der Waals surface area contributed by atoms with E-state index in [1.807, 2.05) is 25.8 Å². The Morgan fingerprint density at radius 2 is 2.12 bits per heavy atom. The van der Waals surface area contributed by atoms with Gasteiger partial charge in [0.2, 0.25) is 0 Å². The summed E-state index contributed by atoms with van der Waals surface area (Å²) in [6.07, 6.45) is 2.51. The number of carbonyl (C=O) groups is 1. The molecular weight excluding hydrogens is 206 g/mol. The van der Waals surface area contributed by atoms with Gasteiger partial charge in [0.15, 0.2) is 0 Å². The number of carboxylic acid groups (broad SMARTS) is 1. The lowest BCUT2D eigenvalue weighted by Crippen LogP contribution is -2.21. The number of nitrogens with zero attached hydrogens (tertiary/aromatic N) is 3. The molecule has 1 aromatic heterocycles. The van der Waals surface area contributed by atoms with Crippen molar-refractivity contribution < 1.29 is 9.90 Å². The van der Waals surface area contributed by atoms with Crippen LogP contribution in [-0.2, 0) is 4.79 Å². The molecule has 0 unspecified atom stereocenters. The van der Waals surface area contributed by atoms with Crippen LogP contribution in [0.2, 0.25) is 0 Å². The van der Waals surface area contributed by atoms with Gasteiger partial charge >= 0.3 is 5.97 Å². The molecule has 88 valence electrons. The van der Waals surface area contributed by atoms with Crippen LogP contribution in [-0.4, -0.2) is 34.6 Å². The average Bonchev–Trinajstić information content (AvgIpc) is 2.21. The minimum Gasteiger partial charge on any atom is -0.481 e. The van der Waals surface area contributed by atoms with Crippen LogP contribution in [0.5, 0.6) is 0 Å².